The van der Waals surface area contributed by atoms with Crippen LogP contribution >= 0.6 is 0 Å². The van der Waals surface area contributed by atoms with Gasteiger partial charge in [0.15, 0.2) is 0 Å². The van der Waals surface area contributed by atoms with E-state index in [0.717, 1.165) is 50.5 Å². The van der Waals surface area contributed by atoms with Gasteiger partial charge in [0, 0.05) is 70.4 Å². The van der Waals surface area contributed by atoms with Gasteiger partial charge in [0.25, 0.3) is 0 Å². The second kappa shape index (κ2) is 14.9. The summed E-state index contributed by atoms with van der Waals surface area (Å²) in [7, 11) is 3.41. The maximum absolute atomic E-state index is 9.50. The van der Waals surface area contributed by atoms with Gasteiger partial charge in [0.2, 0.25) is 0 Å². The van der Waals surface area contributed by atoms with Crippen molar-refractivity contribution in [2.75, 3.05) is 40.4 Å². The monoisotopic (exact) mass is 572 g/mol. The zero-order valence-electron chi connectivity index (χ0n) is 23.9. The minimum atomic E-state index is -1.37. The number of carbonyl (C=O) groups is 2. The Balaban J connectivity index is 0.000000155. The summed E-state index contributed by atoms with van der Waals surface area (Å²) in [6.07, 6.45) is 9.97. The van der Waals surface area contributed by atoms with Crippen molar-refractivity contribution in [1.29, 1.82) is 0 Å². The zero-order chi connectivity index (χ0) is 29.9. The lowest BCUT2D eigenvalue weighted by molar-refractivity contribution is -0.315. The van der Waals surface area contributed by atoms with E-state index >= 15 is 0 Å². The molecular formula is C32H36N4O6-2. The van der Waals surface area contributed by atoms with Crippen LogP contribution in [0.4, 0.5) is 0 Å². The Morgan fingerprint density at radius 2 is 1.14 bits per heavy atom. The molecular weight excluding hydrogens is 536 g/mol. The number of hydrogen-bond acceptors (Lipinski definition) is 8. The van der Waals surface area contributed by atoms with Crippen LogP contribution in [0.2, 0.25) is 0 Å². The molecule has 0 saturated heterocycles. The van der Waals surface area contributed by atoms with Crippen molar-refractivity contribution < 1.29 is 29.3 Å². The Hall–Kier alpha value is -4.54. The van der Waals surface area contributed by atoms with Gasteiger partial charge in [-0.2, -0.15) is 0 Å². The Kier molecular flexibility index (Phi) is 10.8. The molecule has 2 aromatic heterocycles. The van der Waals surface area contributed by atoms with E-state index in [1.165, 1.54) is 44.1 Å². The first-order valence-electron chi connectivity index (χ1n) is 13.9. The number of fused-ring (bicyclic) bond motifs is 2. The number of carboxylic acids is 2. The van der Waals surface area contributed by atoms with Crippen LogP contribution in [-0.4, -0.2) is 62.3 Å². The molecule has 6 rings (SSSR count). The Labute approximate surface area is 244 Å². The SMILES string of the molecule is COc1ccc2[nH]cc(C3=CCNCC3)c2c1.COc1ccc2[nH]cc(C3=CCNCC3)c2c1.O=C([O-])CCC(=O)[O-]. The number of H-pyrrole nitrogens is 2. The van der Waals surface area contributed by atoms with Crippen LogP contribution in [0.25, 0.3) is 33.0 Å². The van der Waals surface area contributed by atoms with Gasteiger partial charge < -0.3 is 49.9 Å². The summed E-state index contributed by atoms with van der Waals surface area (Å²) >= 11 is 0. The van der Waals surface area contributed by atoms with Crippen LogP contribution in [-0.2, 0) is 9.59 Å². The molecule has 0 spiro atoms. The lowest BCUT2D eigenvalue weighted by Gasteiger charge is -2.13. The van der Waals surface area contributed by atoms with E-state index in [1.54, 1.807) is 14.2 Å². The fourth-order valence-corrected chi connectivity index (χ4v) is 4.92. The van der Waals surface area contributed by atoms with Crippen LogP contribution in [0.1, 0.15) is 36.8 Å². The van der Waals surface area contributed by atoms with Gasteiger partial charge >= 0.3 is 0 Å². The predicted octanol–water partition coefficient (Wildman–Crippen LogP) is 2.37. The standard InChI is InChI=1S/2C14H16N2O.C4H6O4/c2*1-17-11-2-3-14-12(8-11)13(9-16-14)10-4-6-15-7-5-10;5-3(6)1-2-4(7)8/h2*2-4,8-9,15-16H,5-7H2,1H3;1-2H2,(H,5,6)(H,7,8)/p-2. The van der Waals surface area contributed by atoms with Gasteiger partial charge in [0.1, 0.15) is 11.5 Å². The van der Waals surface area contributed by atoms with Gasteiger partial charge in [-0.25, -0.2) is 0 Å². The first kappa shape index (κ1) is 30.4. The fraction of sp³-hybridized carbons (Fsp3) is 0.312. The molecule has 10 nitrogen and oxygen atoms in total. The third kappa shape index (κ3) is 8.02. The molecule has 4 N–H and O–H groups in total. The first-order chi connectivity index (χ1) is 20.4. The van der Waals surface area contributed by atoms with Gasteiger partial charge in [-0.1, -0.05) is 12.2 Å². The quantitative estimate of drug-likeness (QED) is 0.263. The van der Waals surface area contributed by atoms with E-state index in [1.807, 2.05) is 12.1 Å². The number of aromatic amines is 2. The maximum atomic E-state index is 9.50. The minimum Gasteiger partial charge on any atom is -0.550 e. The molecule has 4 aromatic rings. The third-order valence-electron chi connectivity index (χ3n) is 7.13. The topological polar surface area (TPSA) is 154 Å². The smallest absolute Gasteiger partial charge is 0.119 e. The number of hydrogen-bond donors (Lipinski definition) is 4. The molecule has 0 aliphatic carbocycles. The molecule has 0 amide bonds. The molecule has 2 aliphatic heterocycles. The van der Waals surface area contributed by atoms with E-state index in [-0.39, 0.29) is 0 Å². The number of aliphatic carboxylic acids is 2. The number of benzene rings is 2. The molecule has 0 atom stereocenters. The molecule has 4 heterocycles. The van der Waals surface area contributed by atoms with E-state index in [0.29, 0.717) is 0 Å². The number of methoxy groups -OCH3 is 2. The molecule has 0 saturated carbocycles. The average molecular weight is 573 g/mol. The van der Waals surface area contributed by atoms with Gasteiger partial charge in [0.05, 0.1) is 14.2 Å². The fourth-order valence-electron chi connectivity index (χ4n) is 4.92. The van der Waals surface area contributed by atoms with Crippen LogP contribution in [0.3, 0.4) is 0 Å². The predicted molar refractivity (Wildman–Crippen MR) is 160 cm³/mol. The van der Waals surface area contributed by atoms with Crippen molar-refractivity contribution in [2.24, 2.45) is 0 Å². The normalized spacial score (nSPS) is 14.5. The number of rotatable bonds is 7. The lowest BCUT2D eigenvalue weighted by Crippen LogP contribution is -2.27. The molecule has 222 valence electrons. The van der Waals surface area contributed by atoms with Gasteiger partial charge in [-0.3, -0.25) is 0 Å². The van der Waals surface area contributed by atoms with Crippen molar-refractivity contribution in [3.8, 4) is 11.5 Å². The average Bonchev–Trinajstić information content (AvgIpc) is 3.65. The summed E-state index contributed by atoms with van der Waals surface area (Å²) in [4.78, 5) is 25.6. The van der Waals surface area contributed by atoms with Crippen LogP contribution < -0.4 is 30.3 Å². The van der Waals surface area contributed by atoms with Crippen molar-refractivity contribution in [3.63, 3.8) is 0 Å². The molecule has 2 aliphatic rings. The molecule has 10 heteroatoms. The highest BCUT2D eigenvalue weighted by atomic mass is 16.5. The van der Waals surface area contributed by atoms with E-state index in [9.17, 15) is 19.8 Å². The Morgan fingerprint density at radius 3 is 1.48 bits per heavy atom. The van der Waals surface area contributed by atoms with E-state index in [2.05, 4.69) is 69.4 Å². The summed E-state index contributed by atoms with van der Waals surface area (Å²) in [6.45, 7) is 4.04. The first-order valence-corrected chi connectivity index (χ1v) is 13.9. The van der Waals surface area contributed by atoms with E-state index < -0.39 is 24.8 Å². The Bertz CT molecular complexity index is 1460. The molecule has 0 bridgehead atoms. The molecule has 2 aromatic carbocycles. The molecule has 0 unspecified atom stereocenters. The largest absolute Gasteiger partial charge is 0.550 e. The molecule has 0 fully saturated rings. The van der Waals surface area contributed by atoms with Gasteiger partial charge in [-0.05, 0) is 86.3 Å². The van der Waals surface area contributed by atoms with Crippen LogP contribution in [0.5, 0.6) is 11.5 Å². The summed E-state index contributed by atoms with van der Waals surface area (Å²) in [5.41, 5.74) is 7.78. The molecule has 42 heavy (non-hydrogen) atoms. The summed E-state index contributed by atoms with van der Waals surface area (Å²) in [6, 6.07) is 12.3. The summed E-state index contributed by atoms with van der Waals surface area (Å²) in [5.74, 6) is -0.913. The van der Waals surface area contributed by atoms with Crippen LogP contribution in [0, 0.1) is 0 Å². The summed E-state index contributed by atoms with van der Waals surface area (Å²) in [5, 5.41) is 28.2. The highest BCUT2D eigenvalue weighted by molar-refractivity contribution is 5.94. The number of nitrogens with one attached hydrogen (secondary N) is 4. The lowest BCUT2D eigenvalue weighted by atomic mass is 10.00. The second-order valence-corrected chi connectivity index (χ2v) is 9.84. The van der Waals surface area contributed by atoms with Crippen molar-refractivity contribution in [1.82, 2.24) is 20.6 Å². The highest BCUT2D eigenvalue weighted by Crippen LogP contribution is 2.31. The summed E-state index contributed by atoms with van der Waals surface area (Å²) < 4.78 is 10.6. The zero-order valence-corrected chi connectivity index (χ0v) is 23.9. The molecule has 0 radical (unpaired) electrons. The van der Waals surface area contributed by atoms with Gasteiger partial charge in [-0.15, -0.1) is 0 Å². The van der Waals surface area contributed by atoms with Crippen molar-refractivity contribution in [3.05, 3.63) is 72.1 Å². The number of carboxylic acid groups (broad SMARTS) is 2. The van der Waals surface area contributed by atoms with Crippen molar-refractivity contribution >= 4 is 44.9 Å². The maximum Gasteiger partial charge on any atom is 0.119 e. The third-order valence-corrected chi connectivity index (χ3v) is 7.13. The number of ether oxygens (including phenoxy) is 2. The van der Waals surface area contributed by atoms with Crippen LogP contribution in [0.15, 0.2) is 60.9 Å². The minimum absolute atomic E-state index is 0.470. The van der Waals surface area contributed by atoms with E-state index in [4.69, 9.17) is 9.47 Å². The number of carbonyl (C=O) groups excluding carboxylic acids is 2. The highest BCUT2D eigenvalue weighted by Gasteiger charge is 2.12. The number of aromatic nitrogens is 2. The Morgan fingerprint density at radius 1 is 0.714 bits per heavy atom. The second-order valence-electron chi connectivity index (χ2n) is 9.84. The van der Waals surface area contributed by atoms with Crippen molar-refractivity contribution in [2.45, 2.75) is 25.7 Å².